The minimum atomic E-state index is -0.145. The van der Waals surface area contributed by atoms with Crippen LogP contribution in [0.4, 0.5) is 0 Å². The first-order chi connectivity index (χ1) is 9.72. The van der Waals surface area contributed by atoms with Gasteiger partial charge < -0.3 is 9.84 Å². The number of nitrogens with one attached hydrogen (secondary N) is 1. The molecule has 0 unspecified atom stereocenters. The van der Waals surface area contributed by atoms with E-state index in [1.54, 1.807) is 6.07 Å². The summed E-state index contributed by atoms with van der Waals surface area (Å²) in [5.41, 5.74) is 1.51. The summed E-state index contributed by atoms with van der Waals surface area (Å²) in [7, 11) is 0. The third kappa shape index (κ3) is 2.51. The second-order valence-electron chi connectivity index (χ2n) is 4.43. The zero-order valence-corrected chi connectivity index (χ0v) is 10.9. The average molecular weight is 271 g/mol. The largest absolute Gasteiger partial charge is 0.361 e. The fraction of sp³-hybridized carbons (Fsp3) is 0.231. The number of amides is 1. The number of pyridine rings is 1. The van der Waals surface area contributed by atoms with Crippen LogP contribution in [0.1, 0.15) is 17.3 Å². The van der Waals surface area contributed by atoms with E-state index in [2.05, 4.69) is 20.7 Å². The lowest BCUT2D eigenvalue weighted by atomic mass is 10.3. The third-order valence-electron chi connectivity index (χ3n) is 2.84. The van der Waals surface area contributed by atoms with E-state index in [0.717, 1.165) is 11.3 Å². The lowest BCUT2D eigenvalue weighted by Crippen LogP contribution is -2.25. The van der Waals surface area contributed by atoms with Crippen molar-refractivity contribution in [3.05, 3.63) is 47.7 Å². The Bertz CT molecular complexity index is 746. The summed E-state index contributed by atoms with van der Waals surface area (Å²) in [6.07, 6.45) is 2.02. The average Bonchev–Trinajstić information content (AvgIpc) is 3.03. The minimum absolute atomic E-state index is 0.145. The Morgan fingerprint density at radius 1 is 1.40 bits per heavy atom. The van der Waals surface area contributed by atoms with E-state index in [0.29, 0.717) is 18.1 Å². The van der Waals surface area contributed by atoms with Gasteiger partial charge in [-0.3, -0.25) is 9.20 Å². The van der Waals surface area contributed by atoms with E-state index in [1.165, 1.54) is 0 Å². The molecule has 102 valence electrons. The highest BCUT2D eigenvalue weighted by molar-refractivity contribution is 5.77. The molecule has 0 saturated heterocycles. The van der Waals surface area contributed by atoms with Gasteiger partial charge in [0.05, 0.1) is 18.7 Å². The number of aromatic nitrogens is 4. The van der Waals surface area contributed by atoms with Crippen LogP contribution < -0.4 is 5.32 Å². The molecule has 7 heteroatoms. The summed E-state index contributed by atoms with van der Waals surface area (Å²) in [5.74, 6) is 1.09. The van der Waals surface area contributed by atoms with E-state index >= 15 is 0 Å². The Morgan fingerprint density at radius 2 is 2.30 bits per heavy atom. The Labute approximate surface area is 114 Å². The summed E-state index contributed by atoms with van der Waals surface area (Å²) in [5, 5.41) is 14.6. The molecule has 0 atom stereocenters. The molecular formula is C13H13N5O2. The maximum Gasteiger partial charge on any atom is 0.228 e. The van der Waals surface area contributed by atoms with Crippen molar-refractivity contribution in [3.63, 3.8) is 0 Å². The van der Waals surface area contributed by atoms with Gasteiger partial charge in [-0.2, -0.15) is 0 Å². The first kappa shape index (κ1) is 12.3. The summed E-state index contributed by atoms with van der Waals surface area (Å²) in [6.45, 7) is 2.13. The molecule has 7 nitrogen and oxygen atoms in total. The fourth-order valence-corrected chi connectivity index (χ4v) is 1.91. The van der Waals surface area contributed by atoms with Crippen LogP contribution in [0.3, 0.4) is 0 Å². The van der Waals surface area contributed by atoms with Gasteiger partial charge >= 0.3 is 0 Å². The first-order valence-corrected chi connectivity index (χ1v) is 6.20. The van der Waals surface area contributed by atoms with Gasteiger partial charge in [-0.15, -0.1) is 10.2 Å². The molecule has 0 fully saturated rings. The molecule has 0 aliphatic carbocycles. The standard InChI is InChI=1S/C13H13N5O2/c1-9-6-10(20-17-9)7-13(19)14-8-12-16-15-11-4-2-3-5-18(11)12/h2-6H,7-8H2,1H3,(H,14,19). The first-order valence-electron chi connectivity index (χ1n) is 6.20. The number of nitrogens with zero attached hydrogens (tertiary/aromatic N) is 4. The van der Waals surface area contributed by atoms with E-state index < -0.39 is 0 Å². The maximum absolute atomic E-state index is 11.8. The van der Waals surface area contributed by atoms with Gasteiger partial charge in [-0.05, 0) is 19.1 Å². The van der Waals surface area contributed by atoms with Crippen molar-refractivity contribution in [2.45, 2.75) is 19.9 Å². The second-order valence-corrected chi connectivity index (χ2v) is 4.43. The molecule has 0 bridgehead atoms. The van der Waals surface area contributed by atoms with Crippen LogP contribution in [0.15, 0.2) is 35.0 Å². The van der Waals surface area contributed by atoms with Crippen LogP contribution in [0.25, 0.3) is 5.65 Å². The van der Waals surface area contributed by atoms with Gasteiger partial charge in [0, 0.05) is 12.3 Å². The lowest BCUT2D eigenvalue weighted by Gasteiger charge is -2.02. The molecule has 0 aliphatic rings. The summed E-state index contributed by atoms with van der Waals surface area (Å²) < 4.78 is 6.83. The van der Waals surface area contributed by atoms with Gasteiger partial charge in [0.25, 0.3) is 0 Å². The van der Waals surface area contributed by atoms with Gasteiger partial charge in [0.1, 0.15) is 5.76 Å². The zero-order valence-electron chi connectivity index (χ0n) is 10.9. The molecule has 20 heavy (non-hydrogen) atoms. The van der Waals surface area contributed by atoms with Gasteiger partial charge in [-0.25, -0.2) is 0 Å². The molecule has 0 spiro atoms. The summed E-state index contributed by atoms with van der Waals surface area (Å²) >= 11 is 0. The van der Waals surface area contributed by atoms with Gasteiger partial charge in [0.15, 0.2) is 11.5 Å². The summed E-state index contributed by atoms with van der Waals surface area (Å²) in [4.78, 5) is 11.8. The van der Waals surface area contributed by atoms with Crippen molar-refractivity contribution in [1.82, 2.24) is 25.1 Å². The van der Waals surface area contributed by atoms with Crippen molar-refractivity contribution in [2.75, 3.05) is 0 Å². The molecule has 1 amide bonds. The molecule has 0 aliphatic heterocycles. The van der Waals surface area contributed by atoms with Crippen LogP contribution in [0, 0.1) is 6.92 Å². The van der Waals surface area contributed by atoms with Gasteiger partial charge in [0.2, 0.25) is 5.91 Å². The highest BCUT2D eigenvalue weighted by Gasteiger charge is 2.10. The smallest absolute Gasteiger partial charge is 0.228 e. The molecule has 3 rings (SSSR count). The zero-order chi connectivity index (χ0) is 13.9. The molecule has 3 aromatic rings. The second kappa shape index (κ2) is 5.12. The summed E-state index contributed by atoms with van der Waals surface area (Å²) in [6, 6.07) is 7.37. The number of carbonyl (C=O) groups excluding carboxylic acids is 1. The lowest BCUT2D eigenvalue weighted by molar-refractivity contribution is -0.120. The van der Waals surface area contributed by atoms with Crippen LogP contribution >= 0.6 is 0 Å². The third-order valence-corrected chi connectivity index (χ3v) is 2.84. The van der Waals surface area contributed by atoms with Crippen LogP contribution in [-0.2, 0) is 17.8 Å². The number of aryl methyl sites for hydroxylation is 1. The van der Waals surface area contributed by atoms with Crippen LogP contribution in [0.5, 0.6) is 0 Å². The normalized spacial score (nSPS) is 10.8. The van der Waals surface area contributed by atoms with Crippen LogP contribution in [0.2, 0.25) is 0 Å². The van der Waals surface area contributed by atoms with E-state index in [-0.39, 0.29) is 12.3 Å². The molecule has 0 saturated carbocycles. The number of carbonyl (C=O) groups is 1. The quantitative estimate of drug-likeness (QED) is 0.761. The van der Waals surface area contributed by atoms with Gasteiger partial charge in [-0.1, -0.05) is 11.2 Å². The Balaban J connectivity index is 1.63. The Hall–Kier alpha value is -2.70. The highest BCUT2D eigenvalue weighted by atomic mass is 16.5. The molecule has 0 radical (unpaired) electrons. The predicted molar refractivity (Wildman–Crippen MR) is 69.8 cm³/mol. The monoisotopic (exact) mass is 271 g/mol. The molecular weight excluding hydrogens is 258 g/mol. The molecule has 3 heterocycles. The van der Waals surface area contributed by atoms with E-state index in [4.69, 9.17) is 4.52 Å². The number of rotatable bonds is 4. The van der Waals surface area contributed by atoms with Crippen LogP contribution in [-0.4, -0.2) is 25.7 Å². The minimum Gasteiger partial charge on any atom is -0.361 e. The predicted octanol–water partition coefficient (Wildman–Crippen LogP) is 0.885. The van der Waals surface area contributed by atoms with E-state index in [9.17, 15) is 4.79 Å². The topological polar surface area (TPSA) is 85.3 Å². The van der Waals surface area contributed by atoms with Crippen molar-refractivity contribution in [3.8, 4) is 0 Å². The Kier molecular flexibility index (Phi) is 3.16. The van der Waals surface area contributed by atoms with E-state index in [1.807, 2.05) is 35.7 Å². The van der Waals surface area contributed by atoms with Crippen molar-refractivity contribution in [2.24, 2.45) is 0 Å². The van der Waals surface area contributed by atoms with Crippen molar-refractivity contribution in [1.29, 1.82) is 0 Å². The molecule has 3 aromatic heterocycles. The number of fused-ring (bicyclic) bond motifs is 1. The molecule has 1 N–H and O–H groups in total. The maximum atomic E-state index is 11.8. The highest BCUT2D eigenvalue weighted by Crippen LogP contribution is 2.04. The Morgan fingerprint density at radius 3 is 3.10 bits per heavy atom. The number of hydrogen-bond donors (Lipinski definition) is 1. The molecule has 0 aromatic carbocycles. The fourth-order valence-electron chi connectivity index (χ4n) is 1.91. The van der Waals surface area contributed by atoms with Crippen molar-refractivity contribution >= 4 is 11.6 Å². The SMILES string of the molecule is Cc1cc(CC(=O)NCc2nnc3ccccn23)on1. The van der Waals surface area contributed by atoms with Crippen molar-refractivity contribution < 1.29 is 9.32 Å². The number of hydrogen-bond acceptors (Lipinski definition) is 5.